The van der Waals surface area contributed by atoms with Crippen LogP contribution in [0.2, 0.25) is 0 Å². The fourth-order valence-electron chi connectivity index (χ4n) is 3.39. The average molecular weight is 444 g/mol. The third-order valence-electron chi connectivity index (χ3n) is 4.85. The third kappa shape index (κ3) is 7.81. The van der Waals surface area contributed by atoms with E-state index in [0.29, 0.717) is 0 Å². The lowest BCUT2D eigenvalue weighted by molar-refractivity contribution is 0.332. The van der Waals surface area contributed by atoms with Crippen LogP contribution in [0.1, 0.15) is 56.1 Å². The van der Waals surface area contributed by atoms with Gasteiger partial charge in [-0.3, -0.25) is 9.98 Å². The molecule has 2 N–H and O–H groups in total. The van der Waals surface area contributed by atoms with E-state index < -0.39 is 0 Å². The number of nitrogens with one attached hydrogen (secondary N) is 2. The number of halogens is 1. The molecule has 1 fully saturated rings. The molecule has 0 saturated heterocycles. The predicted molar refractivity (Wildman–Crippen MR) is 113 cm³/mol. The summed E-state index contributed by atoms with van der Waals surface area (Å²) in [7, 11) is 1.84. The molecule has 0 spiro atoms. The van der Waals surface area contributed by atoms with Gasteiger partial charge < -0.3 is 10.6 Å². The molecule has 0 aliphatic heterocycles. The molecule has 0 unspecified atom stereocenters. The summed E-state index contributed by atoms with van der Waals surface area (Å²) in [4.78, 5) is 8.44. The minimum atomic E-state index is 0. The summed E-state index contributed by atoms with van der Waals surface area (Å²) < 4.78 is 0. The zero-order valence-electron chi connectivity index (χ0n) is 15.2. The fraction of sp³-hybridized carbons (Fsp3) is 0.684. The lowest BCUT2D eigenvalue weighted by atomic mass is 9.86. The smallest absolute Gasteiger partial charge is 0.190 e. The monoisotopic (exact) mass is 444 g/mol. The molecule has 1 saturated carbocycles. The van der Waals surface area contributed by atoms with Crippen molar-refractivity contribution in [2.24, 2.45) is 10.9 Å². The number of aliphatic imine (C=N–C) groups is 1. The molecule has 0 amide bonds. The minimum absolute atomic E-state index is 0. The van der Waals surface area contributed by atoms with Crippen LogP contribution in [0.15, 0.2) is 23.5 Å². The van der Waals surface area contributed by atoms with Crippen molar-refractivity contribution in [3.8, 4) is 0 Å². The maximum atomic E-state index is 4.31. The quantitative estimate of drug-likeness (QED) is 0.289. The molecule has 1 aliphatic rings. The van der Waals surface area contributed by atoms with Crippen molar-refractivity contribution in [3.63, 3.8) is 0 Å². The summed E-state index contributed by atoms with van der Waals surface area (Å²) in [5.41, 5.74) is 2.60. The second kappa shape index (κ2) is 12.5. The lowest BCUT2D eigenvalue weighted by Crippen LogP contribution is -2.38. The topological polar surface area (TPSA) is 49.3 Å². The number of guanidine groups is 1. The number of rotatable bonds is 7. The average Bonchev–Trinajstić information content (AvgIpc) is 2.59. The van der Waals surface area contributed by atoms with E-state index in [0.717, 1.165) is 31.4 Å². The van der Waals surface area contributed by atoms with Crippen LogP contribution in [-0.4, -0.2) is 31.1 Å². The Bertz CT molecular complexity index is 484. The van der Waals surface area contributed by atoms with Gasteiger partial charge in [-0.2, -0.15) is 0 Å². The highest BCUT2D eigenvalue weighted by atomic mass is 127. The zero-order valence-corrected chi connectivity index (χ0v) is 17.5. The van der Waals surface area contributed by atoms with E-state index in [-0.39, 0.29) is 24.0 Å². The molecule has 0 bridgehead atoms. The zero-order chi connectivity index (χ0) is 16.3. The first-order valence-electron chi connectivity index (χ1n) is 9.13. The molecule has 5 heteroatoms. The maximum absolute atomic E-state index is 4.31. The molecule has 0 aromatic carbocycles. The molecule has 4 nitrogen and oxygen atoms in total. The molecule has 1 aromatic heterocycles. The molecule has 1 aliphatic carbocycles. The van der Waals surface area contributed by atoms with Gasteiger partial charge in [-0.25, -0.2) is 0 Å². The Morgan fingerprint density at radius 2 is 1.96 bits per heavy atom. The van der Waals surface area contributed by atoms with Crippen LogP contribution < -0.4 is 10.6 Å². The molecule has 1 aromatic rings. The van der Waals surface area contributed by atoms with Crippen molar-refractivity contribution in [3.05, 3.63) is 29.6 Å². The van der Waals surface area contributed by atoms with E-state index in [1.54, 1.807) is 0 Å². The highest BCUT2D eigenvalue weighted by Gasteiger charge is 2.12. The Balaban J connectivity index is 0.00000288. The van der Waals surface area contributed by atoms with Gasteiger partial charge in [0.1, 0.15) is 0 Å². The summed E-state index contributed by atoms with van der Waals surface area (Å²) in [6.45, 7) is 4.03. The van der Waals surface area contributed by atoms with Crippen molar-refractivity contribution in [1.29, 1.82) is 0 Å². The molecule has 2 rings (SSSR count). The van der Waals surface area contributed by atoms with Crippen molar-refractivity contribution in [2.75, 3.05) is 20.1 Å². The second-order valence-corrected chi connectivity index (χ2v) is 6.62. The molecule has 0 atom stereocenters. The molecule has 24 heavy (non-hydrogen) atoms. The molecular weight excluding hydrogens is 411 g/mol. The van der Waals surface area contributed by atoms with Crippen LogP contribution in [0.25, 0.3) is 0 Å². The van der Waals surface area contributed by atoms with Crippen LogP contribution in [0, 0.1) is 12.8 Å². The second-order valence-electron chi connectivity index (χ2n) is 6.62. The highest BCUT2D eigenvalue weighted by Crippen LogP contribution is 2.26. The van der Waals surface area contributed by atoms with Gasteiger partial charge in [0.15, 0.2) is 5.96 Å². The molecular formula is C19H33IN4. The van der Waals surface area contributed by atoms with Crippen LogP contribution in [0.5, 0.6) is 0 Å². The number of aromatic nitrogens is 1. The largest absolute Gasteiger partial charge is 0.356 e. The number of hydrogen-bond donors (Lipinski definition) is 2. The van der Waals surface area contributed by atoms with Crippen molar-refractivity contribution < 1.29 is 0 Å². The molecule has 0 radical (unpaired) electrons. The van der Waals surface area contributed by atoms with Crippen LogP contribution in [-0.2, 0) is 6.42 Å². The first-order valence-corrected chi connectivity index (χ1v) is 9.13. The first kappa shape index (κ1) is 21.2. The van der Waals surface area contributed by atoms with E-state index in [9.17, 15) is 0 Å². The standard InChI is InChI=1S/C19H32N4.HI/c1-16-15-21-13-10-18(16)11-14-23-19(20-2)22-12-6-9-17-7-4-3-5-8-17;/h10,13,15,17H,3-9,11-12,14H2,1-2H3,(H2,20,22,23);1H. The van der Waals surface area contributed by atoms with Gasteiger partial charge in [-0.1, -0.05) is 32.1 Å². The van der Waals surface area contributed by atoms with E-state index in [1.807, 2.05) is 19.4 Å². The number of aryl methyl sites for hydroxylation is 1. The van der Waals surface area contributed by atoms with Gasteiger partial charge in [-0.05, 0) is 49.3 Å². The minimum Gasteiger partial charge on any atom is -0.356 e. The summed E-state index contributed by atoms with van der Waals surface area (Å²) in [5, 5.41) is 6.84. The summed E-state index contributed by atoms with van der Waals surface area (Å²) in [5.74, 6) is 1.88. The van der Waals surface area contributed by atoms with Gasteiger partial charge in [0, 0.05) is 32.5 Å². The number of nitrogens with zero attached hydrogens (tertiary/aromatic N) is 2. The Morgan fingerprint density at radius 3 is 2.67 bits per heavy atom. The van der Waals surface area contributed by atoms with Crippen molar-refractivity contribution in [1.82, 2.24) is 15.6 Å². The Kier molecular flexibility index (Phi) is 11.0. The highest BCUT2D eigenvalue weighted by molar-refractivity contribution is 14.0. The van der Waals surface area contributed by atoms with E-state index >= 15 is 0 Å². The molecule has 136 valence electrons. The molecule has 1 heterocycles. The van der Waals surface area contributed by atoms with Crippen molar-refractivity contribution in [2.45, 2.75) is 58.3 Å². The van der Waals surface area contributed by atoms with E-state index in [2.05, 4.69) is 33.6 Å². The van der Waals surface area contributed by atoms with E-state index in [4.69, 9.17) is 0 Å². The predicted octanol–water partition coefficient (Wildman–Crippen LogP) is 4.08. The summed E-state index contributed by atoms with van der Waals surface area (Å²) in [6, 6.07) is 2.09. The Hall–Kier alpha value is -0.850. The summed E-state index contributed by atoms with van der Waals surface area (Å²) >= 11 is 0. The fourth-order valence-corrected chi connectivity index (χ4v) is 3.39. The lowest BCUT2D eigenvalue weighted by Gasteiger charge is -2.21. The van der Waals surface area contributed by atoms with Gasteiger partial charge in [-0.15, -0.1) is 24.0 Å². The van der Waals surface area contributed by atoms with Gasteiger partial charge >= 0.3 is 0 Å². The Labute approximate surface area is 164 Å². The number of pyridine rings is 1. The van der Waals surface area contributed by atoms with Crippen LogP contribution in [0.3, 0.4) is 0 Å². The van der Waals surface area contributed by atoms with Gasteiger partial charge in [0.05, 0.1) is 0 Å². The number of hydrogen-bond acceptors (Lipinski definition) is 2. The Morgan fingerprint density at radius 1 is 1.21 bits per heavy atom. The van der Waals surface area contributed by atoms with Crippen LogP contribution >= 0.6 is 24.0 Å². The SMILES string of the molecule is CN=C(NCCCC1CCCCC1)NCCc1ccncc1C.I. The van der Waals surface area contributed by atoms with Gasteiger partial charge in [0.2, 0.25) is 0 Å². The van der Waals surface area contributed by atoms with Gasteiger partial charge in [0.25, 0.3) is 0 Å². The van der Waals surface area contributed by atoms with Crippen molar-refractivity contribution >= 4 is 29.9 Å². The maximum Gasteiger partial charge on any atom is 0.190 e. The first-order chi connectivity index (χ1) is 11.3. The third-order valence-corrected chi connectivity index (χ3v) is 4.85. The van der Waals surface area contributed by atoms with E-state index in [1.165, 1.54) is 56.1 Å². The summed E-state index contributed by atoms with van der Waals surface area (Å²) in [6.07, 6.45) is 14.6. The van der Waals surface area contributed by atoms with Crippen LogP contribution in [0.4, 0.5) is 0 Å². The normalized spacial score (nSPS) is 15.7.